The number of hydrogen-bond acceptors (Lipinski definition) is 2. The van der Waals surface area contributed by atoms with Crippen molar-refractivity contribution in [1.29, 1.82) is 0 Å². The van der Waals surface area contributed by atoms with Crippen LogP contribution >= 0.6 is 0 Å². The first-order chi connectivity index (χ1) is 6.38. The molecule has 0 saturated carbocycles. The van der Waals surface area contributed by atoms with Gasteiger partial charge in [0.2, 0.25) is 0 Å². The SMILES string of the molecule is CCn1ncc(C(C)O)c1C(F)(F)F. The van der Waals surface area contributed by atoms with Gasteiger partial charge in [-0.1, -0.05) is 0 Å². The van der Waals surface area contributed by atoms with Gasteiger partial charge >= 0.3 is 6.18 Å². The van der Waals surface area contributed by atoms with Crippen molar-refractivity contribution in [2.45, 2.75) is 32.7 Å². The van der Waals surface area contributed by atoms with Gasteiger partial charge in [0.15, 0.2) is 0 Å². The average molecular weight is 208 g/mol. The van der Waals surface area contributed by atoms with Crippen molar-refractivity contribution in [3.63, 3.8) is 0 Å². The molecule has 0 radical (unpaired) electrons. The summed E-state index contributed by atoms with van der Waals surface area (Å²) in [6.07, 6.45) is -4.58. The second-order valence-electron chi connectivity index (χ2n) is 2.94. The predicted molar refractivity (Wildman–Crippen MR) is 43.5 cm³/mol. The molecule has 1 rings (SSSR count). The quantitative estimate of drug-likeness (QED) is 0.806. The fourth-order valence-electron chi connectivity index (χ4n) is 1.26. The maximum absolute atomic E-state index is 12.5. The van der Waals surface area contributed by atoms with Crippen LogP contribution in [0.5, 0.6) is 0 Å². The zero-order valence-electron chi connectivity index (χ0n) is 7.84. The molecule has 3 nitrogen and oxygen atoms in total. The van der Waals surface area contributed by atoms with Crippen LogP contribution < -0.4 is 0 Å². The lowest BCUT2D eigenvalue weighted by Crippen LogP contribution is -2.16. The van der Waals surface area contributed by atoms with Gasteiger partial charge in [0, 0.05) is 12.1 Å². The standard InChI is InChI=1S/C8H11F3N2O/c1-3-13-7(8(9,10)11)6(4-12-13)5(2)14/h4-5,14H,3H2,1-2H3. The predicted octanol–water partition coefficient (Wildman–Crippen LogP) is 1.98. The molecular weight excluding hydrogens is 197 g/mol. The van der Waals surface area contributed by atoms with E-state index in [0.717, 1.165) is 10.9 Å². The number of aryl methyl sites for hydroxylation is 1. The lowest BCUT2D eigenvalue weighted by atomic mass is 10.1. The van der Waals surface area contributed by atoms with E-state index < -0.39 is 18.0 Å². The summed E-state index contributed by atoms with van der Waals surface area (Å²) in [7, 11) is 0. The fourth-order valence-corrected chi connectivity index (χ4v) is 1.26. The minimum absolute atomic E-state index is 0.127. The number of hydrogen-bond donors (Lipinski definition) is 1. The van der Waals surface area contributed by atoms with Gasteiger partial charge in [-0.05, 0) is 13.8 Å². The molecule has 80 valence electrons. The molecule has 6 heteroatoms. The zero-order valence-corrected chi connectivity index (χ0v) is 7.84. The Balaban J connectivity index is 3.27. The largest absolute Gasteiger partial charge is 0.433 e. The Morgan fingerprint density at radius 2 is 2.14 bits per heavy atom. The van der Waals surface area contributed by atoms with E-state index >= 15 is 0 Å². The zero-order chi connectivity index (χ0) is 10.9. The van der Waals surface area contributed by atoms with Crippen LogP contribution in [0.25, 0.3) is 0 Å². The molecule has 1 N–H and O–H groups in total. The summed E-state index contributed by atoms with van der Waals surface area (Å²) in [6, 6.07) is 0. The number of aliphatic hydroxyl groups is 1. The monoisotopic (exact) mass is 208 g/mol. The van der Waals surface area contributed by atoms with Crippen molar-refractivity contribution in [3.05, 3.63) is 17.5 Å². The molecule has 0 aromatic carbocycles. The first-order valence-electron chi connectivity index (χ1n) is 4.18. The first-order valence-corrected chi connectivity index (χ1v) is 4.18. The summed E-state index contributed by atoms with van der Waals surface area (Å²) >= 11 is 0. The molecule has 0 saturated heterocycles. The van der Waals surface area contributed by atoms with Gasteiger partial charge in [0.05, 0.1) is 12.3 Å². The molecule has 0 aliphatic heterocycles. The number of halogens is 3. The maximum Gasteiger partial charge on any atom is 0.433 e. The topological polar surface area (TPSA) is 38.0 Å². The van der Waals surface area contributed by atoms with Gasteiger partial charge in [0.1, 0.15) is 5.69 Å². The molecule has 1 atom stereocenters. The van der Waals surface area contributed by atoms with Gasteiger partial charge in [-0.15, -0.1) is 0 Å². The molecule has 0 amide bonds. The van der Waals surface area contributed by atoms with Crippen molar-refractivity contribution < 1.29 is 18.3 Å². The van der Waals surface area contributed by atoms with Gasteiger partial charge < -0.3 is 5.11 Å². The van der Waals surface area contributed by atoms with Gasteiger partial charge in [0.25, 0.3) is 0 Å². The molecular formula is C8H11F3N2O. The Hall–Kier alpha value is -1.04. The van der Waals surface area contributed by atoms with E-state index in [0.29, 0.717) is 0 Å². The number of aromatic nitrogens is 2. The van der Waals surface area contributed by atoms with E-state index in [9.17, 15) is 13.2 Å². The van der Waals surface area contributed by atoms with Crippen LogP contribution in [0.15, 0.2) is 6.20 Å². The molecule has 0 fully saturated rings. The lowest BCUT2D eigenvalue weighted by molar-refractivity contribution is -0.145. The van der Waals surface area contributed by atoms with E-state index in [1.165, 1.54) is 6.92 Å². The van der Waals surface area contributed by atoms with E-state index in [-0.39, 0.29) is 12.1 Å². The normalized spacial score (nSPS) is 14.4. The van der Waals surface area contributed by atoms with Crippen LogP contribution in [-0.2, 0) is 12.7 Å². The summed E-state index contributed by atoms with van der Waals surface area (Å²) < 4.78 is 38.4. The van der Waals surface area contributed by atoms with Crippen LogP contribution in [0.1, 0.15) is 31.2 Å². The molecule has 0 spiro atoms. The van der Waals surface area contributed by atoms with Crippen LogP contribution in [0, 0.1) is 0 Å². The minimum Gasteiger partial charge on any atom is -0.389 e. The molecule has 14 heavy (non-hydrogen) atoms. The van der Waals surface area contributed by atoms with Gasteiger partial charge in [-0.25, -0.2) is 0 Å². The lowest BCUT2D eigenvalue weighted by Gasteiger charge is -2.12. The summed E-state index contributed by atoms with van der Waals surface area (Å²) in [5.41, 5.74) is -1.05. The van der Waals surface area contributed by atoms with Crippen LogP contribution in [0.4, 0.5) is 13.2 Å². The van der Waals surface area contributed by atoms with Crippen LogP contribution in [0.3, 0.4) is 0 Å². The Kier molecular flexibility index (Phi) is 2.84. The molecule has 0 bridgehead atoms. The minimum atomic E-state index is -4.47. The Morgan fingerprint density at radius 3 is 2.50 bits per heavy atom. The Morgan fingerprint density at radius 1 is 1.57 bits per heavy atom. The van der Waals surface area contributed by atoms with E-state index in [4.69, 9.17) is 5.11 Å². The van der Waals surface area contributed by atoms with Gasteiger partial charge in [-0.2, -0.15) is 18.3 Å². The molecule has 1 aromatic rings. The molecule has 0 aliphatic rings. The average Bonchev–Trinajstić information content (AvgIpc) is 2.45. The van der Waals surface area contributed by atoms with Crippen LogP contribution in [-0.4, -0.2) is 14.9 Å². The number of alkyl halides is 3. The van der Waals surface area contributed by atoms with Crippen molar-refractivity contribution in [1.82, 2.24) is 9.78 Å². The Labute approximate surface area is 79.2 Å². The number of nitrogens with zero attached hydrogens (tertiary/aromatic N) is 2. The Bertz CT molecular complexity index is 317. The maximum atomic E-state index is 12.5. The summed E-state index contributed by atoms with van der Waals surface area (Å²) in [6.45, 7) is 2.97. The third kappa shape index (κ3) is 1.89. The van der Waals surface area contributed by atoms with Crippen molar-refractivity contribution >= 4 is 0 Å². The number of rotatable bonds is 2. The second kappa shape index (κ2) is 3.61. The highest BCUT2D eigenvalue weighted by Gasteiger charge is 2.38. The third-order valence-electron chi connectivity index (χ3n) is 1.89. The summed E-state index contributed by atoms with van der Waals surface area (Å²) in [5, 5.41) is 12.7. The summed E-state index contributed by atoms with van der Waals surface area (Å²) in [4.78, 5) is 0. The van der Waals surface area contributed by atoms with E-state index in [2.05, 4.69) is 5.10 Å². The van der Waals surface area contributed by atoms with Gasteiger partial charge in [-0.3, -0.25) is 4.68 Å². The first kappa shape index (κ1) is 11.0. The highest BCUT2D eigenvalue weighted by Crippen LogP contribution is 2.34. The summed E-state index contributed by atoms with van der Waals surface area (Å²) in [5.74, 6) is 0. The van der Waals surface area contributed by atoms with Crippen LogP contribution in [0.2, 0.25) is 0 Å². The molecule has 1 heterocycles. The van der Waals surface area contributed by atoms with Crippen molar-refractivity contribution in [3.8, 4) is 0 Å². The smallest absolute Gasteiger partial charge is 0.389 e. The van der Waals surface area contributed by atoms with E-state index in [1.807, 2.05) is 0 Å². The second-order valence-corrected chi connectivity index (χ2v) is 2.94. The van der Waals surface area contributed by atoms with E-state index in [1.54, 1.807) is 6.92 Å². The molecule has 1 aromatic heterocycles. The third-order valence-corrected chi connectivity index (χ3v) is 1.89. The van der Waals surface area contributed by atoms with Crippen molar-refractivity contribution in [2.24, 2.45) is 0 Å². The van der Waals surface area contributed by atoms with Crippen molar-refractivity contribution in [2.75, 3.05) is 0 Å². The molecule has 0 aliphatic carbocycles. The highest BCUT2D eigenvalue weighted by atomic mass is 19.4. The number of aliphatic hydroxyl groups excluding tert-OH is 1. The fraction of sp³-hybridized carbons (Fsp3) is 0.625. The molecule has 1 unspecified atom stereocenters. The highest BCUT2D eigenvalue weighted by molar-refractivity contribution is 5.22.